The molecule has 0 saturated carbocycles. The molecule has 0 aliphatic rings. The largest absolute Gasteiger partial charge is 0.355 e. The van der Waals surface area contributed by atoms with Gasteiger partial charge >= 0.3 is 0 Å². The first-order valence-corrected chi connectivity index (χ1v) is 23.2. The van der Waals surface area contributed by atoms with Crippen molar-refractivity contribution < 1.29 is 28.0 Å². The van der Waals surface area contributed by atoms with Crippen molar-refractivity contribution in [1.82, 2.24) is 15.5 Å². The third-order valence-electron chi connectivity index (χ3n) is 12.0. The van der Waals surface area contributed by atoms with E-state index in [4.69, 9.17) is 13.6 Å². The third-order valence-corrected chi connectivity index (χ3v) is 12.0. The van der Waals surface area contributed by atoms with Crippen LogP contribution in [-0.2, 0) is 0 Å². The van der Waals surface area contributed by atoms with E-state index >= 15 is 0 Å². The second kappa shape index (κ2) is 22.2. The van der Waals surface area contributed by atoms with Crippen LogP contribution in [0.2, 0.25) is 0 Å². The topological polar surface area (TPSA) is 165 Å². The molecule has 3 N–H and O–H groups in total. The lowest BCUT2D eigenvalue weighted by molar-refractivity contribution is 0.101. The van der Waals surface area contributed by atoms with Crippen molar-refractivity contribution in [3.05, 3.63) is 212 Å². The van der Waals surface area contributed by atoms with Crippen LogP contribution in [-0.4, -0.2) is 33.2 Å². The summed E-state index contributed by atoms with van der Waals surface area (Å²) in [5.41, 5.74) is 18.5. The van der Waals surface area contributed by atoms with E-state index in [1.165, 1.54) is 27.8 Å². The van der Waals surface area contributed by atoms with Gasteiger partial charge in [-0.15, -0.1) is 0 Å². The maximum atomic E-state index is 12.4. The Hall–Kier alpha value is -8.64. The molecule has 3 heterocycles. The van der Waals surface area contributed by atoms with Crippen molar-refractivity contribution >= 4 is 34.8 Å². The number of hydrogen-bond donors (Lipinski definition) is 3. The lowest BCUT2D eigenvalue weighted by Gasteiger charge is -2.05. The molecule has 3 aromatic heterocycles. The summed E-state index contributed by atoms with van der Waals surface area (Å²) in [6.07, 6.45) is 0. The Morgan fingerprint density at radius 1 is 0.324 bits per heavy atom. The fourth-order valence-electron chi connectivity index (χ4n) is 7.51. The summed E-state index contributed by atoms with van der Waals surface area (Å²) in [7, 11) is 0. The van der Waals surface area contributed by atoms with Gasteiger partial charge in [-0.2, -0.15) is 0 Å². The Kier molecular flexibility index (Phi) is 15.7. The molecule has 360 valence electrons. The van der Waals surface area contributed by atoms with Crippen LogP contribution in [0.3, 0.4) is 0 Å². The lowest BCUT2D eigenvalue weighted by Crippen LogP contribution is -2.12. The zero-order valence-electron chi connectivity index (χ0n) is 42.0. The Morgan fingerprint density at radius 2 is 0.704 bits per heavy atom. The number of anilines is 3. The molecule has 0 unspecified atom stereocenters. The number of hydrogen-bond acceptors (Lipinski definition) is 9. The number of rotatable bonds is 9. The van der Waals surface area contributed by atoms with Gasteiger partial charge in [0.15, 0.2) is 34.4 Å². The average molecular weight is 947 g/mol. The fourth-order valence-corrected chi connectivity index (χ4v) is 7.51. The van der Waals surface area contributed by atoms with Gasteiger partial charge in [0.1, 0.15) is 0 Å². The minimum atomic E-state index is -0.282. The first-order chi connectivity index (χ1) is 33.9. The summed E-state index contributed by atoms with van der Waals surface area (Å²) in [5.74, 6) is 0.922. The Balaban J connectivity index is 0.000000157. The van der Waals surface area contributed by atoms with Gasteiger partial charge < -0.3 is 29.5 Å². The van der Waals surface area contributed by atoms with Crippen LogP contribution in [0.15, 0.2) is 147 Å². The van der Waals surface area contributed by atoms with Crippen LogP contribution in [0, 0.1) is 76.2 Å². The molecule has 0 atom stereocenters. The molecule has 0 fully saturated rings. The van der Waals surface area contributed by atoms with Crippen molar-refractivity contribution in [3.63, 3.8) is 0 Å². The van der Waals surface area contributed by atoms with Crippen molar-refractivity contribution in [3.8, 4) is 34.0 Å². The first kappa shape index (κ1) is 50.2. The maximum Gasteiger partial charge on any atom is 0.277 e. The van der Waals surface area contributed by atoms with E-state index in [0.717, 1.165) is 67.1 Å². The van der Waals surface area contributed by atoms with Crippen LogP contribution in [0.25, 0.3) is 34.0 Å². The van der Waals surface area contributed by atoms with Gasteiger partial charge in [0.25, 0.3) is 17.7 Å². The lowest BCUT2D eigenvalue weighted by atomic mass is 10.0. The van der Waals surface area contributed by atoms with E-state index < -0.39 is 0 Å². The number of carbonyl (C=O) groups excluding carboxylic acids is 3. The highest BCUT2D eigenvalue weighted by Crippen LogP contribution is 2.27. The summed E-state index contributed by atoms with van der Waals surface area (Å²) in [6, 6.07) is 42.5. The van der Waals surface area contributed by atoms with Crippen molar-refractivity contribution in [2.24, 2.45) is 0 Å². The standard InChI is InChI=1S/2C20H20N2O2.C19H18N2O2/c1-12-5-8-17(15(4)9-12)19-11-18(22-24-19)20(23)21-16-7-6-13(2)14(3)10-16;1-12-7-13(2)9-16(8-12)19-11-18(22-24-19)20(23)21-17-6-5-14(3)15(4)10-17;1-12-4-7-15(8-5-12)18-11-17(21-23-18)19(22)20-16-9-6-13(2)14(3)10-16/h2*5-11H,1-4H3,(H,21,23);4-11H,1-3H3,(H,20,22). The molecule has 71 heavy (non-hydrogen) atoms. The van der Waals surface area contributed by atoms with Gasteiger partial charge in [-0.05, 0) is 164 Å². The number of nitrogens with one attached hydrogen (secondary N) is 3. The smallest absolute Gasteiger partial charge is 0.277 e. The molecule has 3 amide bonds. The number of aromatic nitrogens is 3. The Morgan fingerprint density at radius 3 is 1.11 bits per heavy atom. The minimum absolute atomic E-state index is 0.263. The van der Waals surface area contributed by atoms with Gasteiger partial charge in [-0.25, -0.2) is 0 Å². The summed E-state index contributed by atoms with van der Waals surface area (Å²) >= 11 is 0. The van der Waals surface area contributed by atoms with Gasteiger partial charge in [-0.3, -0.25) is 14.4 Å². The predicted octanol–water partition coefficient (Wildman–Crippen LogP) is 14.2. The zero-order valence-corrected chi connectivity index (χ0v) is 42.0. The molecule has 0 spiro atoms. The molecule has 9 rings (SSSR count). The molecular formula is C59H58N6O6. The van der Waals surface area contributed by atoms with E-state index in [-0.39, 0.29) is 34.8 Å². The van der Waals surface area contributed by atoms with E-state index in [0.29, 0.717) is 17.3 Å². The molecule has 12 nitrogen and oxygen atoms in total. The van der Waals surface area contributed by atoms with E-state index in [9.17, 15) is 14.4 Å². The zero-order chi connectivity index (χ0) is 50.9. The average Bonchev–Trinajstić information content (AvgIpc) is 4.14. The molecule has 9 aromatic rings. The summed E-state index contributed by atoms with van der Waals surface area (Å²) < 4.78 is 16.0. The van der Waals surface area contributed by atoms with Crippen LogP contribution < -0.4 is 16.0 Å². The molecule has 12 heteroatoms. The summed E-state index contributed by atoms with van der Waals surface area (Å²) in [4.78, 5) is 37.0. The molecule has 0 radical (unpaired) electrons. The van der Waals surface area contributed by atoms with Crippen molar-refractivity contribution in [2.45, 2.75) is 76.2 Å². The van der Waals surface area contributed by atoms with Gasteiger partial charge in [0.05, 0.1) is 0 Å². The number of aryl methyl sites for hydroxylation is 11. The van der Waals surface area contributed by atoms with Crippen LogP contribution >= 0.6 is 0 Å². The van der Waals surface area contributed by atoms with Crippen LogP contribution in [0.1, 0.15) is 92.7 Å². The van der Waals surface area contributed by atoms with E-state index in [1.54, 1.807) is 18.2 Å². The number of amides is 3. The van der Waals surface area contributed by atoms with Gasteiger partial charge in [0, 0.05) is 52.0 Å². The molecule has 0 saturated heterocycles. The minimum Gasteiger partial charge on any atom is -0.355 e. The van der Waals surface area contributed by atoms with Gasteiger partial charge in [0.2, 0.25) is 0 Å². The number of benzene rings is 6. The summed E-state index contributed by atoms with van der Waals surface area (Å²) in [5, 5.41) is 20.2. The normalized spacial score (nSPS) is 10.6. The molecular weight excluding hydrogens is 889 g/mol. The van der Waals surface area contributed by atoms with Crippen LogP contribution in [0.4, 0.5) is 17.1 Å². The fraction of sp³-hybridized carbons (Fsp3) is 0.186. The maximum absolute atomic E-state index is 12.4. The highest BCUT2D eigenvalue weighted by Gasteiger charge is 2.18. The first-order valence-electron chi connectivity index (χ1n) is 23.2. The Bertz CT molecular complexity index is 3360. The van der Waals surface area contributed by atoms with Crippen molar-refractivity contribution in [1.29, 1.82) is 0 Å². The number of carbonyl (C=O) groups is 3. The molecule has 0 bridgehead atoms. The molecule has 0 aliphatic heterocycles. The number of nitrogens with zero attached hydrogens (tertiary/aromatic N) is 3. The van der Waals surface area contributed by atoms with Crippen molar-refractivity contribution in [2.75, 3.05) is 16.0 Å². The second-order valence-electron chi connectivity index (χ2n) is 18.0. The van der Waals surface area contributed by atoms with Gasteiger partial charge in [-0.1, -0.05) is 104 Å². The van der Waals surface area contributed by atoms with Crippen LogP contribution in [0.5, 0.6) is 0 Å². The monoisotopic (exact) mass is 946 g/mol. The quantitative estimate of drug-likeness (QED) is 0.128. The molecule has 6 aromatic carbocycles. The highest BCUT2D eigenvalue weighted by atomic mass is 16.5. The Labute approximate surface area is 414 Å². The molecule has 0 aliphatic carbocycles. The highest BCUT2D eigenvalue weighted by molar-refractivity contribution is 6.04. The SMILES string of the molecule is Cc1cc(C)cc(-c2cc(C(=O)Nc3ccc(C)c(C)c3)no2)c1.Cc1ccc(-c2cc(C(=O)Nc3ccc(C)c(C)c3)no2)c(C)c1.Cc1ccc(-c2cc(C(=O)Nc3ccc(C)c(C)c3)no2)cc1. The third kappa shape index (κ3) is 13.1. The predicted molar refractivity (Wildman–Crippen MR) is 281 cm³/mol. The summed E-state index contributed by atoms with van der Waals surface area (Å²) in [6.45, 7) is 22.3. The van der Waals surface area contributed by atoms with E-state index in [1.807, 2.05) is 179 Å². The second-order valence-corrected chi connectivity index (χ2v) is 18.0. The van der Waals surface area contributed by atoms with E-state index in [2.05, 4.69) is 43.6 Å².